The summed E-state index contributed by atoms with van der Waals surface area (Å²) in [6.07, 6.45) is 5.23. The van der Waals surface area contributed by atoms with Crippen molar-refractivity contribution in [2.75, 3.05) is 24.5 Å². The highest BCUT2D eigenvalue weighted by molar-refractivity contribution is 5.79. The lowest BCUT2D eigenvalue weighted by Crippen LogP contribution is -2.44. The molecule has 0 atom stereocenters. The third-order valence-corrected chi connectivity index (χ3v) is 5.44. The van der Waals surface area contributed by atoms with Crippen molar-refractivity contribution in [2.24, 2.45) is 11.8 Å². The molecular formula is C18H27N7O. The summed E-state index contributed by atoms with van der Waals surface area (Å²) in [6.45, 7) is 7.06. The van der Waals surface area contributed by atoms with Crippen LogP contribution in [0, 0.1) is 11.8 Å². The Morgan fingerprint density at radius 3 is 2.69 bits per heavy atom. The van der Waals surface area contributed by atoms with E-state index in [1.54, 1.807) is 0 Å². The van der Waals surface area contributed by atoms with Gasteiger partial charge in [0.15, 0.2) is 11.5 Å². The first-order valence-corrected chi connectivity index (χ1v) is 9.72. The van der Waals surface area contributed by atoms with Crippen LogP contribution in [0.25, 0.3) is 5.65 Å². The molecule has 1 saturated carbocycles. The topological polar surface area (TPSA) is 79.5 Å². The summed E-state index contributed by atoms with van der Waals surface area (Å²) in [5.74, 6) is 2.03. The van der Waals surface area contributed by atoms with Crippen LogP contribution in [0.2, 0.25) is 0 Å². The van der Waals surface area contributed by atoms with Crippen molar-refractivity contribution in [1.29, 1.82) is 0 Å². The molecule has 2 aromatic rings. The zero-order valence-corrected chi connectivity index (χ0v) is 15.6. The Morgan fingerprint density at radius 2 is 2.00 bits per heavy atom. The molecule has 0 radical (unpaired) electrons. The van der Waals surface area contributed by atoms with Crippen LogP contribution in [0.3, 0.4) is 0 Å². The average Bonchev–Trinajstić information content (AvgIpc) is 3.37. The Kier molecular flexibility index (Phi) is 4.74. The molecule has 1 amide bonds. The van der Waals surface area contributed by atoms with Gasteiger partial charge in [0.1, 0.15) is 0 Å². The highest BCUT2D eigenvalue weighted by Gasteiger charge is 2.36. The number of carbonyl (C=O) groups excluding carboxylic acids is 1. The second-order valence-corrected chi connectivity index (χ2v) is 7.92. The number of hydrogen-bond donors (Lipinski definition) is 0. The SMILES string of the molecule is CC(C)CCN(C(=O)C1CCN(c2ccc3nnnn3n2)CC1)C1CC1. The zero-order chi connectivity index (χ0) is 18.1. The molecular weight excluding hydrogens is 330 g/mol. The summed E-state index contributed by atoms with van der Waals surface area (Å²) in [6, 6.07) is 4.33. The van der Waals surface area contributed by atoms with E-state index in [0.29, 0.717) is 23.5 Å². The molecule has 0 bridgehead atoms. The molecule has 4 rings (SSSR count). The molecule has 2 fully saturated rings. The van der Waals surface area contributed by atoms with Gasteiger partial charge >= 0.3 is 0 Å². The van der Waals surface area contributed by atoms with Gasteiger partial charge in [0.25, 0.3) is 0 Å². The fourth-order valence-electron chi connectivity index (χ4n) is 3.66. The second kappa shape index (κ2) is 7.17. The summed E-state index contributed by atoms with van der Waals surface area (Å²) in [4.78, 5) is 17.4. The summed E-state index contributed by atoms with van der Waals surface area (Å²) in [5.41, 5.74) is 0.643. The Labute approximate surface area is 153 Å². The van der Waals surface area contributed by atoms with Crippen molar-refractivity contribution in [3.63, 3.8) is 0 Å². The third-order valence-electron chi connectivity index (χ3n) is 5.44. The predicted octanol–water partition coefficient (Wildman–Crippen LogP) is 1.77. The number of amides is 1. The van der Waals surface area contributed by atoms with Crippen molar-refractivity contribution in [2.45, 2.75) is 52.0 Å². The molecule has 2 aromatic heterocycles. The van der Waals surface area contributed by atoms with Gasteiger partial charge in [0.05, 0.1) is 0 Å². The Morgan fingerprint density at radius 1 is 1.23 bits per heavy atom. The van der Waals surface area contributed by atoms with Crippen LogP contribution in [-0.4, -0.2) is 61.7 Å². The Balaban J connectivity index is 1.36. The van der Waals surface area contributed by atoms with Crippen LogP contribution in [0.5, 0.6) is 0 Å². The molecule has 0 unspecified atom stereocenters. The van der Waals surface area contributed by atoms with Gasteiger partial charge in [-0.25, -0.2) is 0 Å². The fraction of sp³-hybridized carbons (Fsp3) is 0.722. The van der Waals surface area contributed by atoms with Gasteiger partial charge < -0.3 is 9.80 Å². The normalized spacial score (nSPS) is 18.7. The van der Waals surface area contributed by atoms with Crippen LogP contribution >= 0.6 is 0 Å². The van der Waals surface area contributed by atoms with E-state index < -0.39 is 0 Å². The predicted molar refractivity (Wildman–Crippen MR) is 97.7 cm³/mol. The highest BCUT2D eigenvalue weighted by atomic mass is 16.2. The van der Waals surface area contributed by atoms with E-state index in [9.17, 15) is 4.79 Å². The monoisotopic (exact) mass is 357 g/mol. The van der Waals surface area contributed by atoms with Crippen molar-refractivity contribution < 1.29 is 4.79 Å². The smallest absolute Gasteiger partial charge is 0.226 e. The minimum atomic E-state index is 0.149. The van der Waals surface area contributed by atoms with E-state index >= 15 is 0 Å². The van der Waals surface area contributed by atoms with Crippen LogP contribution in [-0.2, 0) is 4.79 Å². The standard InChI is InChI=1S/C18H27N7O/c1-13(2)7-12-24(15-3-4-15)18(26)14-8-10-23(11-9-14)17-6-5-16-19-21-22-25(16)20-17/h5-6,13-15H,3-4,7-12H2,1-2H3. The van der Waals surface area contributed by atoms with Crippen LogP contribution < -0.4 is 4.90 Å². The maximum absolute atomic E-state index is 13.0. The second-order valence-electron chi connectivity index (χ2n) is 7.92. The highest BCUT2D eigenvalue weighted by Crippen LogP contribution is 2.31. The molecule has 0 aromatic carbocycles. The first-order valence-electron chi connectivity index (χ1n) is 9.72. The molecule has 0 spiro atoms. The number of fused-ring (bicyclic) bond motifs is 1. The van der Waals surface area contributed by atoms with Crippen molar-refractivity contribution in [3.05, 3.63) is 12.1 Å². The first-order chi connectivity index (χ1) is 12.6. The minimum absolute atomic E-state index is 0.149. The number of piperidine rings is 1. The van der Waals surface area contributed by atoms with E-state index in [1.165, 1.54) is 17.5 Å². The fourth-order valence-corrected chi connectivity index (χ4v) is 3.66. The van der Waals surface area contributed by atoms with Gasteiger partial charge in [-0.05, 0) is 60.6 Å². The Bertz CT molecular complexity index is 762. The zero-order valence-electron chi connectivity index (χ0n) is 15.6. The molecule has 8 heteroatoms. The van der Waals surface area contributed by atoms with Gasteiger partial charge in [-0.15, -0.1) is 14.8 Å². The average molecular weight is 357 g/mol. The number of anilines is 1. The number of tetrazole rings is 1. The van der Waals surface area contributed by atoms with E-state index in [1.807, 2.05) is 12.1 Å². The molecule has 3 heterocycles. The lowest BCUT2D eigenvalue weighted by molar-refractivity contribution is -0.137. The van der Waals surface area contributed by atoms with Gasteiger partial charge in [-0.2, -0.15) is 0 Å². The number of aromatic nitrogens is 5. The number of rotatable bonds is 6. The lowest BCUT2D eigenvalue weighted by atomic mass is 9.94. The number of hydrogen-bond acceptors (Lipinski definition) is 6. The van der Waals surface area contributed by atoms with Gasteiger partial charge in [0.2, 0.25) is 5.91 Å². The van der Waals surface area contributed by atoms with Crippen molar-refractivity contribution in [1.82, 2.24) is 30.2 Å². The quantitative estimate of drug-likeness (QED) is 0.784. The molecule has 1 aliphatic heterocycles. The van der Waals surface area contributed by atoms with Crippen LogP contribution in [0.4, 0.5) is 5.82 Å². The minimum Gasteiger partial charge on any atom is -0.355 e. The number of nitrogens with zero attached hydrogens (tertiary/aromatic N) is 7. The molecule has 1 aliphatic carbocycles. The van der Waals surface area contributed by atoms with E-state index in [4.69, 9.17) is 0 Å². The largest absolute Gasteiger partial charge is 0.355 e. The third kappa shape index (κ3) is 3.64. The molecule has 1 saturated heterocycles. The van der Waals surface area contributed by atoms with E-state index in [0.717, 1.165) is 44.7 Å². The summed E-state index contributed by atoms with van der Waals surface area (Å²) in [5, 5.41) is 15.8. The number of carbonyl (C=O) groups is 1. The molecule has 140 valence electrons. The van der Waals surface area contributed by atoms with Crippen molar-refractivity contribution in [3.8, 4) is 0 Å². The molecule has 0 N–H and O–H groups in total. The van der Waals surface area contributed by atoms with E-state index in [-0.39, 0.29) is 5.92 Å². The summed E-state index contributed by atoms with van der Waals surface area (Å²) < 4.78 is 1.45. The lowest BCUT2D eigenvalue weighted by Gasteiger charge is -2.35. The van der Waals surface area contributed by atoms with Crippen molar-refractivity contribution >= 4 is 17.4 Å². The van der Waals surface area contributed by atoms with Gasteiger partial charge in [0, 0.05) is 31.6 Å². The summed E-state index contributed by atoms with van der Waals surface area (Å²) >= 11 is 0. The maximum atomic E-state index is 13.0. The van der Waals surface area contributed by atoms with Crippen LogP contribution in [0.1, 0.15) is 46.0 Å². The maximum Gasteiger partial charge on any atom is 0.226 e. The van der Waals surface area contributed by atoms with Crippen LogP contribution in [0.15, 0.2) is 12.1 Å². The first kappa shape index (κ1) is 17.2. The molecule has 26 heavy (non-hydrogen) atoms. The molecule has 8 nitrogen and oxygen atoms in total. The Hall–Kier alpha value is -2.25. The molecule has 2 aliphatic rings. The van der Waals surface area contributed by atoms with Gasteiger partial charge in [-0.1, -0.05) is 13.8 Å². The summed E-state index contributed by atoms with van der Waals surface area (Å²) in [7, 11) is 0. The van der Waals surface area contributed by atoms with Gasteiger partial charge in [-0.3, -0.25) is 4.79 Å². The van der Waals surface area contributed by atoms with E-state index in [2.05, 4.69) is 44.3 Å².